The van der Waals surface area contributed by atoms with Gasteiger partial charge in [-0.2, -0.15) is 0 Å². The summed E-state index contributed by atoms with van der Waals surface area (Å²) < 4.78 is 23.4. The van der Waals surface area contributed by atoms with Gasteiger partial charge in [-0.05, 0) is 0 Å². The van der Waals surface area contributed by atoms with E-state index in [0.29, 0.717) is 5.75 Å². The van der Waals surface area contributed by atoms with Crippen LogP contribution in [0.25, 0.3) is 0 Å². The van der Waals surface area contributed by atoms with Gasteiger partial charge in [0.05, 0.1) is 19.8 Å². The lowest BCUT2D eigenvalue weighted by molar-refractivity contribution is 0.0981. The standard InChI is InChI=1S/C11H13FO3/c1-4-9(13)11-8(12)5-7(14-2)6-10(11)15-3/h5-6H,4H2,1-3H3. The number of carbonyl (C=O) groups is 1. The monoisotopic (exact) mass is 212 g/mol. The van der Waals surface area contributed by atoms with Crippen molar-refractivity contribution in [3.05, 3.63) is 23.5 Å². The average molecular weight is 212 g/mol. The molecule has 0 aliphatic heterocycles. The van der Waals surface area contributed by atoms with E-state index in [2.05, 4.69) is 0 Å². The first kappa shape index (κ1) is 11.5. The number of hydrogen-bond acceptors (Lipinski definition) is 3. The van der Waals surface area contributed by atoms with E-state index in [9.17, 15) is 9.18 Å². The van der Waals surface area contributed by atoms with Crippen molar-refractivity contribution < 1.29 is 18.7 Å². The van der Waals surface area contributed by atoms with Crippen molar-refractivity contribution in [2.24, 2.45) is 0 Å². The van der Waals surface area contributed by atoms with Crippen LogP contribution < -0.4 is 9.47 Å². The summed E-state index contributed by atoms with van der Waals surface area (Å²) in [6.45, 7) is 1.67. The van der Waals surface area contributed by atoms with E-state index < -0.39 is 5.82 Å². The molecule has 82 valence electrons. The molecule has 0 bridgehead atoms. The summed E-state index contributed by atoms with van der Waals surface area (Å²) in [6.07, 6.45) is 0.236. The Morgan fingerprint density at radius 1 is 1.33 bits per heavy atom. The minimum absolute atomic E-state index is 0.0131. The summed E-state index contributed by atoms with van der Waals surface area (Å²) in [5, 5.41) is 0. The minimum Gasteiger partial charge on any atom is -0.497 e. The molecular weight excluding hydrogens is 199 g/mol. The molecule has 1 aromatic rings. The number of ether oxygens (including phenoxy) is 2. The third-order valence-electron chi connectivity index (χ3n) is 2.08. The topological polar surface area (TPSA) is 35.5 Å². The van der Waals surface area contributed by atoms with Crippen molar-refractivity contribution in [2.45, 2.75) is 13.3 Å². The maximum atomic E-state index is 13.5. The van der Waals surface area contributed by atoms with Gasteiger partial charge >= 0.3 is 0 Å². The van der Waals surface area contributed by atoms with Crippen molar-refractivity contribution in [1.29, 1.82) is 0 Å². The van der Waals surface area contributed by atoms with Crippen LogP contribution in [0.2, 0.25) is 0 Å². The first-order valence-electron chi connectivity index (χ1n) is 4.58. The van der Waals surface area contributed by atoms with Crippen LogP contribution in [-0.4, -0.2) is 20.0 Å². The second-order valence-corrected chi connectivity index (χ2v) is 2.96. The van der Waals surface area contributed by atoms with Gasteiger partial charge in [-0.3, -0.25) is 4.79 Å². The predicted molar refractivity (Wildman–Crippen MR) is 54.1 cm³/mol. The molecule has 3 nitrogen and oxygen atoms in total. The SMILES string of the molecule is CCC(=O)c1c(F)cc(OC)cc1OC. The fourth-order valence-electron chi connectivity index (χ4n) is 1.28. The van der Waals surface area contributed by atoms with Crippen molar-refractivity contribution in [3.8, 4) is 11.5 Å². The zero-order valence-electron chi connectivity index (χ0n) is 8.96. The molecule has 0 fully saturated rings. The molecule has 0 spiro atoms. The van der Waals surface area contributed by atoms with Crippen LogP contribution in [0.3, 0.4) is 0 Å². The van der Waals surface area contributed by atoms with Gasteiger partial charge < -0.3 is 9.47 Å². The highest BCUT2D eigenvalue weighted by Gasteiger charge is 2.17. The van der Waals surface area contributed by atoms with E-state index in [0.717, 1.165) is 0 Å². The first-order chi connectivity index (χ1) is 7.13. The summed E-state index contributed by atoms with van der Waals surface area (Å²) in [7, 11) is 2.82. The van der Waals surface area contributed by atoms with Crippen molar-refractivity contribution >= 4 is 5.78 Å². The van der Waals surface area contributed by atoms with E-state index in [-0.39, 0.29) is 23.5 Å². The molecule has 0 saturated carbocycles. The second-order valence-electron chi connectivity index (χ2n) is 2.96. The van der Waals surface area contributed by atoms with Crippen molar-refractivity contribution in [3.63, 3.8) is 0 Å². The molecule has 0 heterocycles. The highest BCUT2D eigenvalue weighted by atomic mass is 19.1. The van der Waals surface area contributed by atoms with Crippen molar-refractivity contribution in [1.82, 2.24) is 0 Å². The number of benzene rings is 1. The summed E-state index contributed by atoms with van der Waals surface area (Å²) in [5.74, 6) is -0.360. The number of carbonyl (C=O) groups excluding carboxylic acids is 1. The Labute approximate surface area is 87.8 Å². The lowest BCUT2D eigenvalue weighted by Crippen LogP contribution is -2.04. The fraction of sp³-hybridized carbons (Fsp3) is 0.364. The molecule has 0 N–H and O–H groups in total. The van der Waals surface area contributed by atoms with Gasteiger partial charge in [0.15, 0.2) is 5.78 Å². The summed E-state index contributed by atoms with van der Waals surface area (Å²) in [4.78, 5) is 11.5. The molecule has 1 aromatic carbocycles. The molecule has 0 saturated heterocycles. The van der Waals surface area contributed by atoms with Gasteiger partial charge in [-0.25, -0.2) is 4.39 Å². The third-order valence-corrected chi connectivity index (χ3v) is 2.08. The first-order valence-corrected chi connectivity index (χ1v) is 4.58. The zero-order valence-corrected chi connectivity index (χ0v) is 8.96. The minimum atomic E-state index is -0.613. The maximum absolute atomic E-state index is 13.5. The van der Waals surface area contributed by atoms with Crippen LogP contribution in [0, 0.1) is 5.82 Å². The Balaban J connectivity index is 3.30. The number of rotatable bonds is 4. The average Bonchev–Trinajstić information content (AvgIpc) is 2.26. The molecule has 0 atom stereocenters. The van der Waals surface area contributed by atoms with Gasteiger partial charge in [0, 0.05) is 18.6 Å². The van der Waals surface area contributed by atoms with E-state index in [4.69, 9.17) is 9.47 Å². The molecule has 1 rings (SSSR count). The van der Waals surface area contributed by atoms with E-state index in [1.165, 1.54) is 26.4 Å². The zero-order chi connectivity index (χ0) is 11.4. The van der Waals surface area contributed by atoms with Crippen molar-refractivity contribution in [2.75, 3.05) is 14.2 Å². The Hall–Kier alpha value is -1.58. The largest absolute Gasteiger partial charge is 0.497 e. The second kappa shape index (κ2) is 4.77. The van der Waals surface area contributed by atoms with E-state index in [1.807, 2.05) is 0 Å². The van der Waals surface area contributed by atoms with Crippen LogP contribution in [0.1, 0.15) is 23.7 Å². The normalized spacial score (nSPS) is 9.87. The van der Waals surface area contributed by atoms with Gasteiger partial charge in [-0.1, -0.05) is 6.92 Å². The molecular formula is C11H13FO3. The lowest BCUT2D eigenvalue weighted by Gasteiger charge is -2.09. The number of ketones is 1. The third kappa shape index (κ3) is 2.26. The number of methoxy groups -OCH3 is 2. The van der Waals surface area contributed by atoms with Gasteiger partial charge in [0.2, 0.25) is 0 Å². The number of Topliss-reactive ketones (excluding diaryl/α,β-unsaturated/α-hetero) is 1. The summed E-state index contributed by atoms with van der Waals surface area (Å²) >= 11 is 0. The molecule has 0 aromatic heterocycles. The molecule has 0 radical (unpaired) electrons. The molecule has 0 aliphatic carbocycles. The molecule has 0 aliphatic rings. The number of hydrogen-bond donors (Lipinski definition) is 0. The van der Waals surface area contributed by atoms with Crippen LogP contribution in [0.5, 0.6) is 11.5 Å². The van der Waals surface area contributed by atoms with Gasteiger partial charge in [-0.15, -0.1) is 0 Å². The highest BCUT2D eigenvalue weighted by Crippen LogP contribution is 2.28. The van der Waals surface area contributed by atoms with Crippen LogP contribution in [0.15, 0.2) is 12.1 Å². The Bertz CT molecular complexity index is 374. The van der Waals surface area contributed by atoms with Crippen LogP contribution in [0.4, 0.5) is 4.39 Å². The quantitative estimate of drug-likeness (QED) is 0.719. The molecule has 4 heteroatoms. The van der Waals surface area contributed by atoms with Crippen LogP contribution in [-0.2, 0) is 0 Å². The molecule has 0 amide bonds. The Kier molecular flexibility index (Phi) is 3.66. The highest BCUT2D eigenvalue weighted by molar-refractivity contribution is 5.98. The van der Waals surface area contributed by atoms with Gasteiger partial charge in [0.25, 0.3) is 0 Å². The van der Waals surface area contributed by atoms with Gasteiger partial charge in [0.1, 0.15) is 17.3 Å². The Morgan fingerprint density at radius 3 is 2.47 bits per heavy atom. The maximum Gasteiger partial charge on any atom is 0.169 e. The fourth-order valence-corrected chi connectivity index (χ4v) is 1.28. The summed E-state index contributed by atoms with van der Waals surface area (Å²) in [5.41, 5.74) is -0.0131. The lowest BCUT2D eigenvalue weighted by atomic mass is 10.1. The smallest absolute Gasteiger partial charge is 0.169 e. The summed E-state index contributed by atoms with van der Waals surface area (Å²) in [6, 6.07) is 2.66. The number of halogens is 1. The molecule has 0 unspecified atom stereocenters. The van der Waals surface area contributed by atoms with E-state index in [1.54, 1.807) is 6.92 Å². The van der Waals surface area contributed by atoms with Crippen LogP contribution >= 0.6 is 0 Å². The predicted octanol–water partition coefficient (Wildman–Crippen LogP) is 2.44. The Morgan fingerprint density at radius 2 is 2.00 bits per heavy atom. The molecule has 15 heavy (non-hydrogen) atoms. The van der Waals surface area contributed by atoms with E-state index >= 15 is 0 Å².